The molecule has 1 aromatic carbocycles. The van der Waals surface area contributed by atoms with Gasteiger partial charge in [0.1, 0.15) is 0 Å². The molecule has 0 radical (unpaired) electrons. The second-order valence-corrected chi connectivity index (χ2v) is 10.0. The zero-order chi connectivity index (χ0) is 20.8. The Hall–Kier alpha value is -1.42. The number of allylic oxidation sites excluding steroid dienone is 3. The van der Waals surface area contributed by atoms with Gasteiger partial charge < -0.3 is 5.32 Å². The van der Waals surface area contributed by atoms with Gasteiger partial charge in [-0.05, 0) is 37.7 Å². The SMILES string of the molecule is CC1=CC=CC(NCC2(N3CCN(Cc4ccccc4)CC3)CCCCC2)C(C)C1. The molecule has 164 valence electrons. The summed E-state index contributed by atoms with van der Waals surface area (Å²) in [5.74, 6) is 0.670. The smallest absolute Gasteiger partial charge is 0.0335 e. The van der Waals surface area contributed by atoms with Crippen LogP contribution in [0.25, 0.3) is 0 Å². The molecule has 0 bridgehead atoms. The summed E-state index contributed by atoms with van der Waals surface area (Å²) in [5.41, 5.74) is 3.31. The lowest BCUT2D eigenvalue weighted by molar-refractivity contribution is 0.00426. The first-order valence-corrected chi connectivity index (χ1v) is 12.2. The first kappa shape index (κ1) is 21.8. The fourth-order valence-corrected chi connectivity index (χ4v) is 5.85. The fourth-order valence-electron chi connectivity index (χ4n) is 5.85. The second kappa shape index (κ2) is 10.3. The molecule has 1 aliphatic heterocycles. The van der Waals surface area contributed by atoms with E-state index < -0.39 is 0 Å². The molecule has 2 atom stereocenters. The van der Waals surface area contributed by atoms with Gasteiger partial charge in [-0.1, -0.05) is 80.3 Å². The Kier molecular flexibility index (Phi) is 7.45. The Labute approximate surface area is 184 Å². The van der Waals surface area contributed by atoms with Gasteiger partial charge in [-0.3, -0.25) is 9.80 Å². The van der Waals surface area contributed by atoms with Gasteiger partial charge in [-0.2, -0.15) is 0 Å². The van der Waals surface area contributed by atoms with Gasteiger partial charge in [-0.15, -0.1) is 0 Å². The summed E-state index contributed by atoms with van der Waals surface area (Å²) in [6, 6.07) is 11.5. The molecule has 1 saturated carbocycles. The highest BCUT2D eigenvalue weighted by molar-refractivity contribution is 5.18. The van der Waals surface area contributed by atoms with Crippen LogP contribution in [0.15, 0.2) is 54.1 Å². The van der Waals surface area contributed by atoms with Gasteiger partial charge >= 0.3 is 0 Å². The van der Waals surface area contributed by atoms with E-state index in [4.69, 9.17) is 0 Å². The van der Waals surface area contributed by atoms with Crippen LogP contribution in [-0.2, 0) is 6.54 Å². The molecule has 3 nitrogen and oxygen atoms in total. The van der Waals surface area contributed by atoms with Gasteiger partial charge in [0.2, 0.25) is 0 Å². The van der Waals surface area contributed by atoms with Crippen LogP contribution in [0.3, 0.4) is 0 Å². The molecule has 0 aromatic heterocycles. The average molecular weight is 408 g/mol. The second-order valence-electron chi connectivity index (χ2n) is 10.0. The van der Waals surface area contributed by atoms with Crippen LogP contribution in [-0.4, -0.2) is 54.1 Å². The maximum atomic E-state index is 4.02. The predicted octanol–water partition coefficient (Wildman–Crippen LogP) is 5.01. The largest absolute Gasteiger partial charge is 0.308 e. The summed E-state index contributed by atoms with van der Waals surface area (Å²) >= 11 is 0. The summed E-state index contributed by atoms with van der Waals surface area (Å²) in [7, 11) is 0. The van der Waals surface area contributed by atoms with Crippen LogP contribution in [0.1, 0.15) is 57.9 Å². The van der Waals surface area contributed by atoms with E-state index in [1.54, 1.807) is 0 Å². The summed E-state index contributed by atoms with van der Waals surface area (Å²) in [5, 5.41) is 4.02. The molecule has 2 aliphatic carbocycles. The molecule has 0 amide bonds. The highest BCUT2D eigenvalue weighted by Gasteiger charge is 2.39. The zero-order valence-corrected chi connectivity index (χ0v) is 19.2. The molecule has 1 N–H and O–H groups in total. The monoisotopic (exact) mass is 407 g/mol. The molecule has 30 heavy (non-hydrogen) atoms. The minimum Gasteiger partial charge on any atom is -0.308 e. The van der Waals surface area contributed by atoms with E-state index in [0.717, 1.165) is 13.1 Å². The third-order valence-electron chi connectivity index (χ3n) is 7.70. The predicted molar refractivity (Wildman–Crippen MR) is 128 cm³/mol. The quantitative estimate of drug-likeness (QED) is 0.715. The number of rotatable bonds is 6. The van der Waals surface area contributed by atoms with E-state index in [1.807, 2.05) is 0 Å². The van der Waals surface area contributed by atoms with Crippen molar-refractivity contribution in [1.29, 1.82) is 0 Å². The number of benzene rings is 1. The van der Waals surface area contributed by atoms with Crippen LogP contribution < -0.4 is 5.32 Å². The first-order chi connectivity index (χ1) is 14.6. The van der Waals surface area contributed by atoms with Crippen molar-refractivity contribution >= 4 is 0 Å². The standard InChI is InChI=1S/C27H41N3/c1-23-10-9-13-26(24(2)20-23)28-22-27(14-7-4-8-15-27)30-18-16-29(17-19-30)21-25-11-5-3-6-12-25/h3,5-6,9-13,24,26,28H,4,7-8,14-22H2,1-2H3. The van der Waals surface area contributed by atoms with E-state index in [9.17, 15) is 0 Å². The van der Waals surface area contributed by atoms with Crippen molar-refractivity contribution in [3.8, 4) is 0 Å². The van der Waals surface area contributed by atoms with E-state index in [0.29, 0.717) is 17.5 Å². The minimum atomic E-state index is 0.361. The Morgan fingerprint density at radius 1 is 1.00 bits per heavy atom. The Morgan fingerprint density at radius 3 is 2.47 bits per heavy atom. The summed E-state index contributed by atoms with van der Waals surface area (Å²) in [4.78, 5) is 5.50. The van der Waals surface area contributed by atoms with Crippen LogP contribution in [0, 0.1) is 5.92 Å². The summed E-state index contributed by atoms with van der Waals surface area (Å²) in [6.45, 7) is 11.7. The molecule has 1 heterocycles. The van der Waals surface area contributed by atoms with E-state index >= 15 is 0 Å². The molecule has 3 aliphatic rings. The van der Waals surface area contributed by atoms with E-state index in [-0.39, 0.29) is 0 Å². The number of hydrogen-bond acceptors (Lipinski definition) is 3. The van der Waals surface area contributed by atoms with Gasteiger partial charge in [0.15, 0.2) is 0 Å². The number of hydrogen-bond donors (Lipinski definition) is 1. The van der Waals surface area contributed by atoms with Crippen molar-refractivity contribution in [2.75, 3.05) is 32.7 Å². The van der Waals surface area contributed by atoms with Gasteiger partial charge in [0.05, 0.1) is 0 Å². The highest BCUT2D eigenvalue weighted by atomic mass is 15.3. The van der Waals surface area contributed by atoms with Crippen LogP contribution in [0.4, 0.5) is 0 Å². The summed E-state index contributed by atoms with van der Waals surface area (Å²) in [6.07, 6.45) is 15.1. The molecule has 0 spiro atoms. The minimum absolute atomic E-state index is 0.361. The fraction of sp³-hybridized carbons (Fsp3) is 0.630. The molecule has 2 unspecified atom stereocenters. The van der Waals surface area contributed by atoms with E-state index in [1.165, 1.54) is 75.8 Å². The van der Waals surface area contributed by atoms with Crippen molar-refractivity contribution in [2.24, 2.45) is 5.92 Å². The van der Waals surface area contributed by atoms with E-state index in [2.05, 4.69) is 77.5 Å². The van der Waals surface area contributed by atoms with Gasteiger partial charge in [0.25, 0.3) is 0 Å². The Bertz CT molecular complexity index is 709. The normalized spacial score (nSPS) is 28.1. The molecular formula is C27H41N3. The number of piperazine rings is 1. The third kappa shape index (κ3) is 5.43. The third-order valence-corrected chi connectivity index (χ3v) is 7.70. The van der Waals surface area contributed by atoms with Gasteiger partial charge in [-0.25, -0.2) is 0 Å². The molecule has 3 heteroatoms. The maximum Gasteiger partial charge on any atom is 0.0335 e. The van der Waals surface area contributed by atoms with Crippen molar-refractivity contribution < 1.29 is 0 Å². The topological polar surface area (TPSA) is 18.5 Å². The summed E-state index contributed by atoms with van der Waals surface area (Å²) < 4.78 is 0. The van der Waals surface area contributed by atoms with Crippen molar-refractivity contribution in [3.05, 3.63) is 59.7 Å². The Balaban J connectivity index is 1.35. The number of nitrogens with zero attached hydrogens (tertiary/aromatic N) is 2. The Morgan fingerprint density at radius 2 is 1.73 bits per heavy atom. The highest BCUT2D eigenvalue weighted by Crippen LogP contribution is 2.34. The average Bonchev–Trinajstić information content (AvgIpc) is 2.93. The lowest BCUT2D eigenvalue weighted by Gasteiger charge is -2.50. The lowest BCUT2D eigenvalue weighted by atomic mass is 9.79. The number of nitrogens with one attached hydrogen (secondary N) is 1. The van der Waals surface area contributed by atoms with Gasteiger partial charge in [0, 0.05) is 50.8 Å². The molecule has 1 aromatic rings. The molecule has 4 rings (SSSR count). The van der Waals surface area contributed by atoms with Crippen LogP contribution in [0.5, 0.6) is 0 Å². The van der Waals surface area contributed by atoms with Crippen molar-refractivity contribution in [2.45, 2.75) is 70.5 Å². The molecule has 2 fully saturated rings. The van der Waals surface area contributed by atoms with Crippen molar-refractivity contribution in [1.82, 2.24) is 15.1 Å². The zero-order valence-electron chi connectivity index (χ0n) is 19.2. The lowest BCUT2D eigenvalue weighted by Crippen LogP contribution is -2.62. The maximum absolute atomic E-state index is 4.02. The van der Waals surface area contributed by atoms with Crippen molar-refractivity contribution in [3.63, 3.8) is 0 Å². The molecular weight excluding hydrogens is 366 g/mol. The molecule has 1 saturated heterocycles. The van der Waals surface area contributed by atoms with Crippen LogP contribution >= 0.6 is 0 Å². The first-order valence-electron chi connectivity index (χ1n) is 12.2. The van der Waals surface area contributed by atoms with Crippen LogP contribution in [0.2, 0.25) is 0 Å².